The predicted molar refractivity (Wildman–Crippen MR) is 184 cm³/mol. The summed E-state index contributed by atoms with van der Waals surface area (Å²) in [6, 6.07) is 12.9. The summed E-state index contributed by atoms with van der Waals surface area (Å²) in [5, 5.41) is 4.39. The Morgan fingerprint density at radius 1 is 1.02 bits per heavy atom. The molecule has 3 aromatic rings. The molecule has 1 amide bonds. The normalized spacial score (nSPS) is 18.6. The first-order valence-corrected chi connectivity index (χ1v) is 19.3. The minimum absolute atomic E-state index is 0.116. The third kappa shape index (κ3) is 7.48. The van der Waals surface area contributed by atoms with Gasteiger partial charge in [0, 0.05) is 60.9 Å². The van der Waals surface area contributed by atoms with Crippen molar-refractivity contribution in [2.75, 3.05) is 56.8 Å². The second-order valence-corrected chi connectivity index (χ2v) is 16.5. The van der Waals surface area contributed by atoms with Gasteiger partial charge in [-0.25, -0.2) is 21.1 Å². The number of amides is 1. The highest BCUT2D eigenvalue weighted by atomic mass is 32.2. The highest BCUT2D eigenvalue weighted by molar-refractivity contribution is 7.89. The SMILES string of the molecule is COc1ccc(S(=O)(=O)N2CCCCC2C(=O)Nc2ccc(N(C)CCC3CCN(S(C)(=O)=O)CC3)c3c(C=O)cccc23)cc1C. The maximum absolute atomic E-state index is 13.8. The molecule has 2 aliphatic heterocycles. The summed E-state index contributed by atoms with van der Waals surface area (Å²) < 4.78 is 59.5. The van der Waals surface area contributed by atoms with E-state index >= 15 is 0 Å². The van der Waals surface area contributed by atoms with Gasteiger partial charge in [0.15, 0.2) is 6.29 Å². The van der Waals surface area contributed by atoms with Gasteiger partial charge in [-0.05, 0) is 80.8 Å². The number of aldehydes is 1. The molecule has 254 valence electrons. The standard InChI is InChI=1S/C34H44N4O7S2/c1-24-22-27(11-14-32(24)45-3)47(43,44)38-18-6-5-10-31(38)34(40)35-29-12-13-30(33-26(23-39)8-7-9-28(29)33)36(2)19-15-25-16-20-37(21-17-25)46(4,41)42/h7-9,11-14,22-23,25,31H,5-6,10,15-21H2,1-4H3,(H,35,40). The average Bonchev–Trinajstić information content (AvgIpc) is 3.06. The van der Waals surface area contributed by atoms with Crippen LogP contribution >= 0.6 is 0 Å². The molecule has 0 radical (unpaired) electrons. The molecular formula is C34H44N4O7S2. The number of hydrogen-bond donors (Lipinski definition) is 1. The molecule has 0 spiro atoms. The number of nitrogens with zero attached hydrogens (tertiary/aromatic N) is 3. The van der Waals surface area contributed by atoms with E-state index in [1.807, 2.05) is 19.2 Å². The van der Waals surface area contributed by atoms with Gasteiger partial charge in [-0.1, -0.05) is 24.6 Å². The van der Waals surface area contributed by atoms with Gasteiger partial charge < -0.3 is 15.0 Å². The number of anilines is 2. The van der Waals surface area contributed by atoms with Crippen molar-refractivity contribution in [3.8, 4) is 5.75 Å². The first-order chi connectivity index (χ1) is 22.3. The monoisotopic (exact) mass is 684 g/mol. The highest BCUT2D eigenvalue weighted by Gasteiger charge is 2.38. The highest BCUT2D eigenvalue weighted by Crippen LogP contribution is 2.36. The minimum Gasteiger partial charge on any atom is -0.496 e. The molecule has 1 N–H and O–H groups in total. The molecule has 5 rings (SSSR count). The van der Waals surface area contributed by atoms with Crippen LogP contribution in [0.2, 0.25) is 0 Å². The van der Waals surface area contributed by atoms with Crippen molar-refractivity contribution in [3.05, 3.63) is 59.7 Å². The van der Waals surface area contributed by atoms with Gasteiger partial charge in [0.1, 0.15) is 11.8 Å². The zero-order valence-corrected chi connectivity index (χ0v) is 29.1. The van der Waals surface area contributed by atoms with E-state index in [1.54, 1.807) is 37.3 Å². The molecule has 47 heavy (non-hydrogen) atoms. The van der Waals surface area contributed by atoms with Crippen LogP contribution in [-0.4, -0.2) is 90.3 Å². The Morgan fingerprint density at radius 3 is 2.43 bits per heavy atom. The van der Waals surface area contributed by atoms with E-state index < -0.39 is 32.0 Å². The summed E-state index contributed by atoms with van der Waals surface area (Å²) >= 11 is 0. The van der Waals surface area contributed by atoms with Gasteiger partial charge in [-0.2, -0.15) is 4.31 Å². The zero-order chi connectivity index (χ0) is 33.9. The topological polar surface area (TPSA) is 133 Å². The van der Waals surface area contributed by atoms with Crippen molar-refractivity contribution >= 4 is 54.4 Å². The van der Waals surface area contributed by atoms with E-state index in [4.69, 9.17) is 4.74 Å². The van der Waals surface area contributed by atoms with Crippen molar-refractivity contribution in [2.45, 2.75) is 56.4 Å². The van der Waals surface area contributed by atoms with Crippen LogP contribution in [0, 0.1) is 12.8 Å². The smallest absolute Gasteiger partial charge is 0.243 e. The lowest BCUT2D eigenvalue weighted by Crippen LogP contribution is -2.49. The molecule has 11 nitrogen and oxygen atoms in total. The molecule has 0 bridgehead atoms. The lowest BCUT2D eigenvalue weighted by molar-refractivity contribution is -0.120. The van der Waals surface area contributed by atoms with Crippen molar-refractivity contribution in [1.82, 2.24) is 8.61 Å². The molecule has 0 aromatic heterocycles. The molecule has 2 aliphatic rings. The Kier molecular flexibility index (Phi) is 10.6. The van der Waals surface area contributed by atoms with Gasteiger partial charge in [0.05, 0.1) is 18.3 Å². The molecular weight excluding hydrogens is 641 g/mol. The summed E-state index contributed by atoms with van der Waals surface area (Å²) in [5.74, 6) is 0.558. The Balaban J connectivity index is 1.36. The second kappa shape index (κ2) is 14.3. The van der Waals surface area contributed by atoms with E-state index in [0.29, 0.717) is 71.7 Å². The fourth-order valence-electron chi connectivity index (χ4n) is 6.78. The maximum atomic E-state index is 13.8. The number of carbonyl (C=O) groups excluding carboxylic acids is 2. The molecule has 13 heteroatoms. The Labute approximate surface area is 278 Å². The number of rotatable bonds is 11. The summed E-state index contributed by atoms with van der Waals surface area (Å²) in [6.07, 6.45) is 6.30. The van der Waals surface area contributed by atoms with Crippen LogP contribution in [0.5, 0.6) is 5.75 Å². The Hall–Kier alpha value is -3.52. The second-order valence-electron chi connectivity index (χ2n) is 12.6. The molecule has 0 saturated carbocycles. The molecule has 0 aliphatic carbocycles. The molecule has 3 aromatic carbocycles. The van der Waals surface area contributed by atoms with Crippen LogP contribution in [0.15, 0.2) is 53.4 Å². The quantitative estimate of drug-likeness (QED) is 0.289. The van der Waals surface area contributed by atoms with E-state index in [-0.39, 0.29) is 11.4 Å². The summed E-state index contributed by atoms with van der Waals surface area (Å²) in [6.45, 7) is 3.77. The van der Waals surface area contributed by atoms with Crippen molar-refractivity contribution in [2.24, 2.45) is 5.92 Å². The number of carbonyl (C=O) groups is 2. The van der Waals surface area contributed by atoms with Gasteiger partial charge in [-0.15, -0.1) is 0 Å². The largest absolute Gasteiger partial charge is 0.496 e. The number of nitrogens with one attached hydrogen (secondary N) is 1. The third-order valence-corrected chi connectivity index (χ3v) is 12.7. The van der Waals surface area contributed by atoms with Gasteiger partial charge >= 0.3 is 0 Å². The molecule has 1 atom stereocenters. The molecule has 2 fully saturated rings. The lowest BCUT2D eigenvalue weighted by Gasteiger charge is -2.34. The summed E-state index contributed by atoms with van der Waals surface area (Å²) in [4.78, 5) is 28.3. The summed E-state index contributed by atoms with van der Waals surface area (Å²) in [7, 11) is -3.65. The Bertz CT molecular complexity index is 1860. The first kappa shape index (κ1) is 34.8. The van der Waals surface area contributed by atoms with Crippen molar-refractivity contribution < 1.29 is 31.2 Å². The van der Waals surface area contributed by atoms with Gasteiger partial charge in [-0.3, -0.25) is 9.59 Å². The van der Waals surface area contributed by atoms with E-state index in [2.05, 4.69) is 10.2 Å². The fraction of sp³-hybridized carbons (Fsp3) is 0.471. The Morgan fingerprint density at radius 2 is 1.77 bits per heavy atom. The number of aryl methyl sites for hydroxylation is 1. The van der Waals surface area contributed by atoms with Crippen LogP contribution in [0.1, 0.15) is 54.4 Å². The van der Waals surface area contributed by atoms with Crippen LogP contribution in [0.4, 0.5) is 11.4 Å². The summed E-state index contributed by atoms with van der Waals surface area (Å²) in [5.41, 5.74) is 2.51. The van der Waals surface area contributed by atoms with E-state index in [1.165, 1.54) is 28.0 Å². The predicted octanol–water partition coefficient (Wildman–Crippen LogP) is 4.65. The maximum Gasteiger partial charge on any atom is 0.243 e. The van der Waals surface area contributed by atoms with Gasteiger partial charge in [0.25, 0.3) is 0 Å². The molecule has 2 heterocycles. The van der Waals surface area contributed by atoms with E-state index in [9.17, 15) is 26.4 Å². The van der Waals surface area contributed by atoms with Crippen LogP contribution in [0.3, 0.4) is 0 Å². The number of hydrogen-bond acceptors (Lipinski definition) is 8. The van der Waals surface area contributed by atoms with Gasteiger partial charge in [0.2, 0.25) is 26.0 Å². The third-order valence-electron chi connectivity index (χ3n) is 9.49. The van der Waals surface area contributed by atoms with Crippen molar-refractivity contribution in [3.63, 3.8) is 0 Å². The van der Waals surface area contributed by atoms with Crippen molar-refractivity contribution in [1.29, 1.82) is 0 Å². The van der Waals surface area contributed by atoms with Crippen LogP contribution in [-0.2, 0) is 24.8 Å². The fourth-order valence-corrected chi connectivity index (χ4v) is 9.40. The molecule has 2 saturated heterocycles. The lowest BCUT2D eigenvalue weighted by atomic mass is 9.94. The average molecular weight is 685 g/mol. The number of ether oxygens (including phenoxy) is 1. The number of benzene rings is 3. The molecule has 1 unspecified atom stereocenters. The van der Waals surface area contributed by atoms with Crippen LogP contribution < -0.4 is 15.0 Å². The number of methoxy groups -OCH3 is 1. The number of fused-ring (bicyclic) bond motifs is 1. The minimum atomic E-state index is -3.96. The first-order valence-electron chi connectivity index (χ1n) is 16.0. The van der Waals surface area contributed by atoms with Crippen LogP contribution in [0.25, 0.3) is 10.8 Å². The zero-order valence-electron chi connectivity index (χ0n) is 27.4. The number of piperidine rings is 2. The van der Waals surface area contributed by atoms with E-state index in [0.717, 1.165) is 37.7 Å². The number of sulfonamides is 2.